The second kappa shape index (κ2) is 8.85. The zero-order valence-electron chi connectivity index (χ0n) is 17.4. The Labute approximate surface area is 187 Å². The van der Waals surface area contributed by atoms with E-state index in [1.807, 2.05) is 0 Å². The van der Waals surface area contributed by atoms with Gasteiger partial charge in [0, 0.05) is 11.4 Å². The minimum Gasteiger partial charge on any atom is -0.479 e. The van der Waals surface area contributed by atoms with Gasteiger partial charge in [0.25, 0.3) is 11.8 Å². The van der Waals surface area contributed by atoms with Crippen molar-refractivity contribution in [3.63, 3.8) is 0 Å². The number of amides is 2. The molecule has 0 bridgehead atoms. The lowest BCUT2D eigenvalue weighted by Crippen LogP contribution is -2.34. The summed E-state index contributed by atoms with van der Waals surface area (Å²) >= 11 is 0. The number of hydrogen-bond acceptors (Lipinski definition) is 4. The lowest BCUT2D eigenvalue weighted by molar-refractivity contribution is -0.137. The van der Waals surface area contributed by atoms with Crippen LogP contribution in [0.2, 0.25) is 0 Å². The molecule has 3 aromatic rings. The molecule has 2 atom stereocenters. The van der Waals surface area contributed by atoms with Gasteiger partial charge >= 0.3 is 6.18 Å². The lowest BCUT2D eigenvalue weighted by atomic mass is 10.0. The number of nitrogens with one attached hydrogen (secondary N) is 3. The van der Waals surface area contributed by atoms with Crippen molar-refractivity contribution in [2.75, 3.05) is 16.0 Å². The molecular formula is C24H20F3N3O3. The molecule has 0 fully saturated rings. The first-order valence-electron chi connectivity index (χ1n) is 10.1. The van der Waals surface area contributed by atoms with Crippen molar-refractivity contribution in [3.05, 3.63) is 83.9 Å². The van der Waals surface area contributed by atoms with Crippen LogP contribution in [0.5, 0.6) is 5.75 Å². The van der Waals surface area contributed by atoms with Crippen molar-refractivity contribution in [1.82, 2.24) is 0 Å². The van der Waals surface area contributed by atoms with E-state index in [1.165, 1.54) is 12.1 Å². The standard InChI is InChI=1S/C24H20F3N3O3/c1-14-22(31)30-19-13-18(10-11-20(19)33-14)28-21(15-6-3-2-4-7-15)23(32)29-17-9-5-8-16(12-17)24(25,26)27/h2-14,21,28H,1H3,(H,29,32)(H,30,31). The number of fused-ring (bicyclic) bond motifs is 1. The highest BCUT2D eigenvalue weighted by molar-refractivity contribution is 5.99. The van der Waals surface area contributed by atoms with E-state index in [2.05, 4.69) is 16.0 Å². The molecule has 9 heteroatoms. The lowest BCUT2D eigenvalue weighted by Gasteiger charge is -2.25. The van der Waals surface area contributed by atoms with E-state index < -0.39 is 29.8 Å². The van der Waals surface area contributed by atoms with Crippen LogP contribution in [0.25, 0.3) is 0 Å². The fourth-order valence-corrected chi connectivity index (χ4v) is 3.40. The third kappa shape index (κ3) is 5.08. The molecule has 1 aliphatic heterocycles. The summed E-state index contributed by atoms with van der Waals surface area (Å²) in [5.41, 5.74) is 0.740. The summed E-state index contributed by atoms with van der Waals surface area (Å²) in [6.07, 6.45) is -5.14. The van der Waals surface area contributed by atoms with Crippen LogP contribution in [0.3, 0.4) is 0 Å². The minimum atomic E-state index is -4.52. The van der Waals surface area contributed by atoms with Crippen molar-refractivity contribution in [3.8, 4) is 5.75 Å². The molecule has 3 N–H and O–H groups in total. The first-order valence-corrected chi connectivity index (χ1v) is 10.1. The monoisotopic (exact) mass is 455 g/mol. The number of carbonyl (C=O) groups is 2. The average molecular weight is 455 g/mol. The number of ether oxygens (including phenoxy) is 1. The van der Waals surface area contributed by atoms with Crippen LogP contribution in [0.1, 0.15) is 24.1 Å². The Morgan fingerprint density at radius 3 is 2.48 bits per heavy atom. The highest BCUT2D eigenvalue weighted by Crippen LogP contribution is 2.34. The van der Waals surface area contributed by atoms with Gasteiger partial charge in [0.15, 0.2) is 6.10 Å². The SMILES string of the molecule is CC1Oc2ccc(NC(C(=O)Nc3cccc(C(F)(F)F)c3)c3ccccc3)cc2NC1=O. The molecule has 4 rings (SSSR count). The summed E-state index contributed by atoms with van der Waals surface area (Å²) in [4.78, 5) is 25.0. The molecule has 1 heterocycles. The summed E-state index contributed by atoms with van der Waals surface area (Å²) in [7, 11) is 0. The second-order valence-corrected chi connectivity index (χ2v) is 7.52. The van der Waals surface area contributed by atoms with Crippen LogP contribution >= 0.6 is 0 Å². The van der Waals surface area contributed by atoms with Crippen LogP contribution in [0.4, 0.5) is 30.2 Å². The summed E-state index contributed by atoms with van der Waals surface area (Å²) in [6.45, 7) is 1.63. The molecule has 2 amide bonds. The predicted octanol–water partition coefficient (Wildman–Crippen LogP) is 5.22. The Bertz CT molecular complexity index is 1180. The number of rotatable bonds is 5. The molecule has 0 saturated carbocycles. The van der Waals surface area contributed by atoms with E-state index in [1.54, 1.807) is 55.5 Å². The zero-order valence-corrected chi connectivity index (χ0v) is 17.4. The van der Waals surface area contributed by atoms with Crippen molar-refractivity contribution in [2.24, 2.45) is 0 Å². The molecule has 170 valence electrons. The summed E-state index contributed by atoms with van der Waals surface area (Å²) in [5, 5.41) is 8.39. The van der Waals surface area contributed by atoms with Gasteiger partial charge in [-0.25, -0.2) is 0 Å². The molecular weight excluding hydrogens is 435 g/mol. The van der Waals surface area contributed by atoms with E-state index in [9.17, 15) is 22.8 Å². The van der Waals surface area contributed by atoms with Gasteiger partial charge in [0.05, 0.1) is 11.3 Å². The Morgan fingerprint density at radius 1 is 1.00 bits per heavy atom. The first-order chi connectivity index (χ1) is 15.7. The van der Waals surface area contributed by atoms with Gasteiger partial charge in [-0.1, -0.05) is 36.4 Å². The van der Waals surface area contributed by atoms with Crippen LogP contribution in [0, 0.1) is 0 Å². The number of halogens is 3. The highest BCUT2D eigenvalue weighted by atomic mass is 19.4. The van der Waals surface area contributed by atoms with Crippen molar-refractivity contribution < 1.29 is 27.5 Å². The molecule has 0 radical (unpaired) electrons. The van der Waals surface area contributed by atoms with Crippen LogP contribution < -0.4 is 20.7 Å². The molecule has 6 nitrogen and oxygen atoms in total. The van der Waals surface area contributed by atoms with Gasteiger partial charge in [-0.05, 0) is 48.9 Å². The third-order valence-corrected chi connectivity index (χ3v) is 5.07. The molecule has 33 heavy (non-hydrogen) atoms. The quantitative estimate of drug-likeness (QED) is 0.493. The summed E-state index contributed by atoms with van der Waals surface area (Å²) < 4.78 is 44.7. The Morgan fingerprint density at radius 2 is 1.76 bits per heavy atom. The predicted molar refractivity (Wildman–Crippen MR) is 118 cm³/mol. The van der Waals surface area contributed by atoms with Crippen LogP contribution in [0.15, 0.2) is 72.8 Å². The maximum atomic E-state index is 13.1. The Hall–Kier alpha value is -4.01. The molecule has 2 unspecified atom stereocenters. The van der Waals surface area contributed by atoms with Gasteiger partial charge in [-0.2, -0.15) is 13.2 Å². The third-order valence-electron chi connectivity index (χ3n) is 5.07. The van der Waals surface area contributed by atoms with Gasteiger partial charge < -0.3 is 20.7 Å². The number of carbonyl (C=O) groups excluding carboxylic acids is 2. The van der Waals surface area contributed by atoms with Crippen molar-refractivity contribution >= 4 is 28.9 Å². The molecule has 1 aliphatic rings. The van der Waals surface area contributed by atoms with E-state index in [4.69, 9.17) is 4.74 Å². The topological polar surface area (TPSA) is 79.5 Å². The van der Waals surface area contributed by atoms with Gasteiger partial charge in [-0.3, -0.25) is 9.59 Å². The number of benzene rings is 3. The van der Waals surface area contributed by atoms with Crippen LogP contribution in [-0.2, 0) is 15.8 Å². The second-order valence-electron chi connectivity index (χ2n) is 7.52. The summed E-state index contributed by atoms with van der Waals surface area (Å²) in [5.74, 6) is -0.342. The largest absolute Gasteiger partial charge is 0.479 e. The molecule has 0 saturated heterocycles. The Kier molecular flexibility index (Phi) is 5.95. The zero-order chi connectivity index (χ0) is 23.6. The van der Waals surface area contributed by atoms with E-state index in [0.29, 0.717) is 22.7 Å². The molecule has 3 aromatic carbocycles. The maximum absolute atomic E-state index is 13.1. The van der Waals surface area contributed by atoms with Gasteiger partial charge in [-0.15, -0.1) is 0 Å². The highest BCUT2D eigenvalue weighted by Gasteiger charge is 2.31. The van der Waals surface area contributed by atoms with E-state index in [0.717, 1.165) is 12.1 Å². The fourth-order valence-electron chi connectivity index (χ4n) is 3.40. The van der Waals surface area contributed by atoms with Gasteiger partial charge in [0.2, 0.25) is 0 Å². The fraction of sp³-hybridized carbons (Fsp3) is 0.167. The first kappa shape index (κ1) is 22.2. The summed E-state index contributed by atoms with van der Waals surface area (Å²) in [6, 6.07) is 17.3. The maximum Gasteiger partial charge on any atom is 0.416 e. The molecule has 0 spiro atoms. The number of hydrogen-bond donors (Lipinski definition) is 3. The normalized spacial score (nSPS) is 16.1. The molecule has 0 aromatic heterocycles. The Balaban J connectivity index is 1.60. The van der Waals surface area contributed by atoms with E-state index >= 15 is 0 Å². The van der Waals surface area contributed by atoms with Crippen LogP contribution in [-0.4, -0.2) is 17.9 Å². The van der Waals surface area contributed by atoms with Crippen molar-refractivity contribution in [2.45, 2.75) is 25.2 Å². The number of anilines is 3. The average Bonchev–Trinajstić information content (AvgIpc) is 2.78. The minimum absolute atomic E-state index is 0.0256. The number of alkyl halides is 3. The smallest absolute Gasteiger partial charge is 0.416 e. The van der Waals surface area contributed by atoms with Gasteiger partial charge in [0.1, 0.15) is 11.8 Å². The van der Waals surface area contributed by atoms with Crippen molar-refractivity contribution in [1.29, 1.82) is 0 Å². The van der Waals surface area contributed by atoms with E-state index in [-0.39, 0.29) is 11.6 Å². The molecule has 0 aliphatic carbocycles.